The number of nitrogens with one attached hydrogen (secondary N) is 1. The fourth-order valence-electron chi connectivity index (χ4n) is 3.22. The predicted octanol–water partition coefficient (Wildman–Crippen LogP) is 3.15. The Bertz CT molecular complexity index is 1170. The maximum Gasteiger partial charge on any atom is 0.248 e. The first-order valence-corrected chi connectivity index (χ1v) is 11.1. The summed E-state index contributed by atoms with van der Waals surface area (Å²) in [5.41, 5.74) is 1.54. The van der Waals surface area contributed by atoms with E-state index < -0.39 is 15.9 Å². The first-order chi connectivity index (χ1) is 14.5. The second kappa shape index (κ2) is 8.43. The zero-order chi connectivity index (χ0) is 21.1. The van der Waals surface area contributed by atoms with Gasteiger partial charge >= 0.3 is 0 Å². The molecule has 1 aliphatic rings. The van der Waals surface area contributed by atoms with Crippen LogP contribution in [0.3, 0.4) is 0 Å². The Labute approximate surface area is 180 Å². The van der Waals surface area contributed by atoms with Gasteiger partial charge in [-0.2, -0.15) is 4.31 Å². The van der Waals surface area contributed by atoms with Crippen LogP contribution in [0.5, 0.6) is 0 Å². The molecule has 3 aromatic rings. The molecule has 9 heteroatoms. The van der Waals surface area contributed by atoms with Crippen molar-refractivity contribution < 1.29 is 13.2 Å². The third kappa shape index (κ3) is 4.02. The summed E-state index contributed by atoms with van der Waals surface area (Å²) in [4.78, 5) is 18.7. The van der Waals surface area contributed by atoms with Gasteiger partial charge in [-0.25, -0.2) is 13.4 Å². The average Bonchev–Trinajstić information content (AvgIpc) is 2.76. The lowest BCUT2D eigenvalue weighted by atomic mass is 10.2. The number of rotatable bonds is 5. The van der Waals surface area contributed by atoms with Gasteiger partial charge in [0.05, 0.1) is 13.2 Å². The Kier molecular flexibility index (Phi) is 5.72. The number of nitrogens with zero attached hydrogens (tertiary/aromatic N) is 3. The molecule has 0 atom stereocenters. The first-order valence-electron chi connectivity index (χ1n) is 9.24. The van der Waals surface area contributed by atoms with Crippen molar-refractivity contribution >= 4 is 39.0 Å². The van der Waals surface area contributed by atoms with E-state index in [1.165, 1.54) is 6.07 Å². The van der Waals surface area contributed by atoms with Crippen LogP contribution in [0.4, 0.5) is 11.5 Å². The predicted molar refractivity (Wildman–Crippen MR) is 115 cm³/mol. The second-order valence-electron chi connectivity index (χ2n) is 6.71. The minimum Gasteiger partial charge on any atom is -0.351 e. The molecule has 1 aliphatic heterocycles. The van der Waals surface area contributed by atoms with E-state index in [9.17, 15) is 13.2 Å². The Morgan fingerprint density at radius 2 is 1.77 bits per heavy atom. The van der Waals surface area contributed by atoms with Gasteiger partial charge in [0.1, 0.15) is 4.90 Å². The van der Waals surface area contributed by atoms with Crippen molar-refractivity contribution in [1.82, 2.24) is 14.6 Å². The number of carbonyl (C=O) groups is 1. The van der Waals surface area contributed by atoms with Crippen LogP contribution in [0, 0.1) is 0 Å². The van der Waals surface area contributed by atoms with Gasteiger partial charge in [0.2, 0.25) is 15.9 Å². The summed E-state index contributed by atoms with van der Waals surface area (Å²) in [6.07, 6.45) is 1.55. The number of anilines is 2. The van der Waals surface area contributed by atoms with Crippen LogP contribution in [-0.4, -0.2) is 36.8 Å². The normalized spacial score (nSPS) is 15.4. The maximum atomic E-state index is 13.1. The van der Waals surface area contributed by atoms with Crippen molar-refractivity contribution in [2.24, 2.45) is 0 Å². The highest BCUT2D eigenvalue weighted by Gasteiger charge is 2.37. The molecule has 1 aromatic heterocycles. The zero-order valence-corrected chi connectivity index (χ0v) is 17.5. The van der Waals surface area contributed by atoms with E-state index in [1.807, 2.05) is 36.4 Å². The molecule has 2 aromatic carbocycles. The van der Waals surface area contributed by atoms with E-state index in [-0.39, 0.29) is 24.7 Å². The van der Waals surface area contributed by atoms with Gasteiger partial charge in [-0.1, -0.05) is 48.0 Å². The number of halogens is 1. The zero-order valence-electron chi connectivity index (χ0n) is 15.9. The second-order valence-corrected chi connectivity index (χ2v) is 9.03. The van der Waals surface area contributed by atoms with Crippen molar-refractivity contribution in [2.75, 3.05) is 18.1 Å². The Balaban J connectivity index is 1.57. The molecule has 4 rings (SSSR count). The van der Waals surface area contributed by atoms with E-state index in [0.717, 1.165) is 15.6 Å². The van der Waals surface area contributed by atoms with E-state index in [1.54, 1.807) is 35.4 Å². The number of hydrogen-bond acceptors (Lipinski definition) is 5. The smallest absolute Gasteiger partial charge is 0.248 e. The number of pyridine rings is 1. The van der Waals surface area contributed by atoms with Crippen molar-refractivity contribution in [2.45, 2.75) is 11.4 Å². The number of sulfonamides is 1. The van der Waals surface area contributed by atoms with Crippen LogP contribution >= 0.6 is 11.6 Å². The monoisotopic (exact) mass is 442 g/mol. The highest BCUT2D eigenvalue weighted by molar-refractivity contribution is 7.89. The van der Waals surface area contributed by atoms with E-state index in [0.29, 0.717) is 10.8 Å². The molecule has 0 radical (unpaired) electrons. The summed E-state index contributed by atoms with van der Waals surface area (Å²) in [7, 11) is -3.87. The van der Waals surface area contributed by atoms with Crippen LogP contribution in [0.2, 0.25) is 5.02 Å². The largest absolute Gasteiger partial charge is 0.351 e. The van der Waals surface area contributed by atoms with Gasteiger partial charge in [0.15, 0.2) is 5.82 Å². The highest BCUT2D eigenvalue weighted by Crippen LogP contribution is 2.35. The molecule has 0 bridgehead atoms. The molecule has 0 unspecified atom stereocenters. The van der Waals surface area contributed by atoms with Crippen molar-refractivity contribution in [3.63, 3.8) is 0 Å². The Hall–Kier alpha value is -2.94. The third-order valence-corrected chi connectivity index (χ3v) is 6.91. The maximum absolute atomic E-state index is 13.1. The fourth-order valence-corrected chi connectivity index (χ4v) is 4.90. The van der Waals surface area contributed by atoms with Crippen LogP contribution in [0.1, 0.15) is 5.56 Å². The van der Waals surface area contributed by atoms with Crippen LogP contribution in [0.15, 0.2) is 77.8 Å². The number of fused-ring (bicyclic) bond motifs is 1. The van der Waals surface area contributed by atoms with E-state index >= 15 is 0 Å². The number of para-hydroxylation sites is 1. The van der Waals surface area contributed by atoms with Gasteiger partial charge in [-0.3, -0.25) is 4.79 Å². The number of aromatic nitrogens is 1. The molecule has 0 saturated carbocycles. The number of benzene rings is 2. The third-order valence-electron chi connectivity index (χ3n) is 4.75. The van der Waals surface area contributed by atoms with Gasteiger partial charge in [0, 0.05) is 23.5 Å². The average molecular weight is 443 g/mol. The summed E-state index contributed by atoms with van der Waals surface area (Å²) in [5.74, 6) is -0.0738. The first kappa shape index (κ1) is 20.3. The molecule has 30 heavy (non-hydrogen) atoms. The summed E-state index contributed by atoms with van der Waals surface area (Å²) in [5, 5.41) is 3.28. The summed E-state index contributed by atoms with van der Waals surface area (Å²) in [6, 6.07) is 19.6. The molecule has 1 amide bonds. The van der Waals surface area contributed by atoms with Crippen LogP contribution in [-0.2, 0) is 21.4 Å². The summed E-state index contributed by atoms with van der Waals surface area (Å²) < 4.78 is 27.4. The molecule has 0 spiro atoms. The lowest BCUT2D eigenvalue weighted by Gasteiger charge is -2.36. The molecular formula is C21H19ClN4O3S. The Morgan fingerprint density at radius 3 is 2.53 bits per heavy atom. The van der Waals surface area contributed by atoms with E-state index in [4.69, 9.17) is 11.6 Å². The molecule has 1 N–H and O–H groups in total. The summed E-state index contributed by atoms with van der Waals surface area (Å²) >= 11 is 6.12. The van der Waals surface area contributed by atoms with Crippen LogP contribution in [0.25, 0.3) is 0 Å². The van der Waals surface area contributed by atoms with Gasteiger partial charge < -0.3 is 10.2 Å². The van der Waals surface area contributed by atoms with Crippen molar-refractivity contribution in [1.29, 1.82) is 0 Å². The fraction of sp³-hybridized carbons (Fsp3) is 0.143. The molecule has 2 heterocycles. The van der Waals surface area contributed by atoms with Crippen molar-refractivity contribution in [3.05, 3.63) is 83.5 Å². The Morgan fingerprint density at radius 1 is 1.03 bits per heavy atom. The summed E-state index contributed by atoms with van der Waals surface area (Å²) in [6.45, 7) is -0.118. The number of amides is 1. The molecular weight excluding hydrogens is 424 g/mol. The molecule has 7 nitrogen and oxygen atoms in total. The lowest BCUT2D eigenvalue weighted by Crippen LogP contribution is -2.48. The lowest BCUT2D eigenvalue weighted by molar-refractivity contribution is -0.121. The molecule has 0 saturated heterocycles. The minimum atomic E-state index is -3.87. The SMILES string of the molecule is O=C(CN1CN(c2ccccc2)c2ncccc2S1(=O)=O)NCc1ccccc1Cl. The van der Waals surface area contributed by atoms with Gasteiger partial charge in [-0.15, -0.1) is 0 Å². The standard InChI is InChI=1S/C21H19ClN4O3S/c22-18-10-5-4-7-16(18)13-24-20(27)14-25-15-26(17-8-2-1-3-9-17)21-19(30(25,28)29)11-6-12-23-21/h1-12H,13-15H2,(H,24,27). The van der Waals surface area contributed by atoms with Crippen molar-refractivity contribution in [3.8, 4) is 0 Å². The molecule has 0 aliphatic carbocycles. The van der Waals surface area contributed by atoms with Gasteiger partial charge in [-0.05, 0) is 35.9 Å². The topological polar surface area (TPSA) is 82.6 Å². The quantitative estimate of drug-likeness (QED) is 0.656. The highest BCUT2D eigenvalue weighted by atomic mass is 35.5. The number of hydrogen-bond donors (Lipinski definition) is 1. The van der Waals surface area contributed by atoms with Crippen LogP contribution < -0.4 is 10.2 Å². The minimum absolute atomic E-state index is 0.0180. The van der Waals surface area contributed by atoms with E-state index in [2.05, 4.69) is 10.3 Å². The molecule has 154 valence electrons. The van der Waals surface area contributed by atoms with Gasteiger partial charge in [0.25, 0.3) is 0 Å². The molecule has 0 fully saturated rings. The number of carbonyl (C=O) groups excluding carboxylic acids is 1.